The first-order valence-corrected chi connectivity index (χ1v) is 5.58. The standard InChI is InChI=1S/C11H11N5O4/c1-20-11-9(16(18)19)8(14-15-11)10(17)13-6-7-4-2-3-5-12-7/h2-5H,6H2,1H3,(H,13,17)(H,14,15). The number of hydrogen-bond donors (Lipinski definition) is 2. The zero-order valence-electron chi connectivity index (χ0n) is 10.5. The lowest BCUT2D eigenvalue weighted by Gasteiger charge is -2.02. The van der Waals surface area contributed by atoms with Gasteiger partial charge in [-0.05, 0) is 12.1 Å². The van der Waals surface area contributed by atoms with Gasteiger partial charge in [0, 0.05) is 6.20 Å². The molecule has 9 nitrogen and oxygen atoms in total. The maximum absolute atomic E-state index is 11.9. The third-order valence-corrected chi connectivity index (χ3v) is 2.47. The molecule has 0 saturated heterocycles. The Hall–Kier alpha value is -2.97. The van der Waals surface area contributed by atoms with E-state index in [-0.39, 0.29) is 18.1 Å². The Morgan fingerprint density at radius 1 is 1.55 bits per heavy atom. The monoisotopic (exact) mass is 277 g/mol. The molecule has 0 aromatic carbocycles. The Morgan fingerprint density at radius 3 is 2.95 bits per heavy atom. The quantitative estimate of drug-likeness (QED) is 0.611. The summed E-state index contributed by atoms with van der Waals surface area (Å²) in [7, 11) is 1.23. The highest BCUT2D eigenvalue weighted by Crippen LogP contribution is 2.27. The average Bonchev–Trinajstić information content (AvgIpc) is 2.90. The van der Waals surface area contributed by atoms with Crippen LogP contribution >= 0.6 is 0 Å². The van der Waals surface area contributed by atoms with Crippen LogP contribution in [0.2, 0.25) is 0 Å². The second-order valence-corrected chi connectivity index (χ2v) is 3.72. The Kier molecular flexibility index (Phi) is 3.89. The summed E-state index contributed by atoms with van der Waals surface area (Å²) in [6.07, 6.45) is 1.59. The number of carbonyl (C=O) groups excluding carboxylic acids is 1. The molecule has 104 valence electrons. The first-order valence-electron chi connectivity index (χ1n) is 5.58. The summed E-state index contributed by atoms with van der Waals surface area (Å²) in [6.45, 7) is 0.151. The van der Waals surface area contributed by atoms with Crippen LogP contribution in [0.5, 0.6) is 5.88 Å². The van der Waals surface area contributed by atoms with E-state index in [1.54, 1.807) is 24.4 Å². The lowest BCUT2D eigenvalue weighted by atomic mass is 10.3. The number of amides is 1. The van der Waals surface area contributed by atoms with Gasteiger partial charge < -0.3 is 10.1 Å². The molecule has 2 aromatic heterocycles. The van der Waals surface area contributed by atoms with Crippen LogP contribution in [0.15, 0.2) is 24.4 Å². The van der Waals surface area contributed by atoms with Crippen molar-refractivity contribution < 1.29 is 14.5 Å². The van der Waals surface area contributed by atoms with E-state index in [1.807, 2.05) is 0 Å². The summed E-state index contributed by atoms with van der Waals surface area (Å²) in [5.41, 5.74) is -0.121. The van der Waals surface area contributed by atoms with Gasteiger partial charge in [0.25, 0.3) is 5.91 Å². The number of aromatic amines is 1. The molecule has 0 aliphatic rings. The SMILES string of the molecule is COc1n[nH]c(C(=O)NCc2ccccn2)c1[N+](=O)[O-]. The second kappa shape index (κ2) is 5.78. The molecule has 0 saturated carbocycles. The van der Waals surface area contributed by atoms with Crippen molar-refractivity contribution in [2.45, 2.75) is 6.54 Å². The van der Waals surface area contributed by atoms with E-state index in [9.17, 15) is 14.9 Å². The zero-order chi connectivity index (χ0) is 14.5. The van der Waals surface area contributed by atoms with Crippen molar-refractivity contribution in [3.8, 4) is 5.88 Å². The van der Waals surface area contributed by atoms with Crippen LogP contribution in [0.25, 0.3) is 0 Å². The minimum Gasteiger partial charge on any atom is -0.475 e. The van der Waals surface area contributed by atoms with E-state index in [0.717, 1.165) is 0 Å². The predicted octanol–water partition coefficient (Wildman–Crippen LogP) is 0.651. The zero-order valence-corrected chi connectivity index (χ0v) is 10.5. The second-order valence-electron chi connectivity index (χ2n) is 3.72. The van der Waals surface area contributed by atoms with Gasteiger partial charge in [-0.1, -0.05) is 6.07 Å². The molecule has 0 radical (unpaired) electrons. The van der Waals surface area contributed by atoms with Crippen molar-refractivity contribution in [2.75, 3.05) is 7.11 Å². The van der Waals surface area contributed by atoms with Crippen LogP contribution in [0, 0.1) is 10.1 Å². The van der Waals surface area contributed by atoms with Gasteiger partial charge in [0.1, 0.15) is 0 Å². The van der Waals surface area contributed by atoms with E-state index in [1.165, 1.54) is 7.11 Å². The fourth-order valence-electron chi connectivity index (χ4n) is 1.55. The van der Waals surface area contributed by atoms with Gasteiger partial charge in [-0.15, -0.1) is 5.10 Å². The highest BCUT2D eigenvalue weighted by molar-refractivity contribution is 5.96. The van der Waals surface area contributed by atoms with E-state index in [4.69, 9.17) is 4.74 Å². The van der Waals surface area contributed by atoms with Crippen LogP contribution in [-0.4, -0.2) is 33.1 Å². The number of hydrogen-bond acceptors (Lipinski definition) is 6. The van der Waals surface area contributed by atoms with Gasteiger partial charge in [0.2, 0.25) is 5.69 Å². The van der Waals surface area contributed by atoms with Gasteiger partial charge in [0.15, 0.2) is 0 Å². The molecular formula is C11H11N5O4. The number of nitrogens with one attached hydrogen (secondary N) is 2. The minimum atomic E-state index is -0.724. The van der Waals surface area contributed by atoms with E-state index >= 15 is 0 Å². The fraction of sp³-hybridized carbons (Fsp3) is 0.182. The Morgan fingerprint density at radius 2 is 2.35 bits per heavy atom. The molecule has 20 heavy (non-hydrogen) atoms. The summed E-state index contributed by atoms with van der Waals surface area (Å²) in [5.74, 6) is -0.892. The van der Waals surface area contributed by atoms with Crippen molar-refractivity contribution in [1.29, 1.82) is 0 Å². The molecule has 0 bridgehead atoms. The molecule has 2 N–H and O–H groups in total. The highest BCUT2D eigenvalue weighted by atomic mass is 16.6. The highest BCUT2D eigenvalue weighted by Gasteiger charge is 2.29. The van der Waals surface area contributed by atoms with Crippen LogP contribution in [0.1, 0.15) is 16.2 Å². The number of carbonyl (C=O) groups is 1. The predicted molar refractivity (Wildman–Crippen MR) is 67.2 cm³/mol. The third-order valence-electron chi connectivity index (χ3n) is 2.47. The Balaban J connectivity index is 2.14. The molecule has 0 atom stereocenters. The molecule has 0 spiro atoms. The lowest BCUT2D eigenvalue weighted by Crippen LogP contribution is -2.24. The molecule has 0 aliphatic heterocycles. The molecular weight excluding hydrogens is 266 g/mol. The lowest BCUT2D eigenvalue weighted by molar-refractivity contribution is -0.386. The van der Waals surface area contributed by atoms with Gasteiger partial charge in [-0.25, -0.2) is 0 Å². The summed E-state index contributed by atoms with van der Waals surface area (Å²) in [4.78, 5) is 26.1. The topological polar surface area (TPSA) is 123 Å². The summed E-state index contributed by atoms with van der Waals surface area (Å²) in [5, 5.41) is 19.3. The summed E-state index contributed by atoms with van der Waals surface area (Å²) < 4.78 is 4.72. The minimum absolute atomic E-state index is 0.151. The van der Waals surface area contributed by atoms with Crippen molar-refractivity contribution in [3.63, 3.8) is 0 Å². The van der Waals surface area contributed by atoms with Gasteiger partial charge in [-0.3, -0.25) is 25.0 Å². The van der Waals surface area contributed by atoms with E-state index in [2.05, 4.69) is 20.5 Å². The van der Waals surface area contributed by atoms with E-state index < -0.39 is 16.5 Å². The summed E-state index contributed by atoms with van der Waals surface area (Å²) in [6, 6.07) is 5.24. The fourth-order valence-corrected chi connectivity index (χ4v) is 1.55. The summed E-state index contributed by atoms with van der Waals surface area (Å²) >= 11 is 0. The van der Waals surface area contributed by atoms with Crippen molar-refractivity contribution in [2.24, 2.45) is 0 Å². The number of H-pyrrole nitrogens is 1. The Bertz CT molecular complexity index is 625. The van der Waals surface area contributed by atoms with Crippen LogP contribution in [-0.2, 0) is 6.54 Å². The molecule has 0 unspecified atom stereocenters. The molecule has 2 heterocycles. The number of ether oxygens (including phenoxy) is 1. The van der Waals surface area contributed by atoms with Gasteiger partial charge in [0.05, 0.1) is 24.3 Å². The van der Waals surface area contributed by atoms with Gasteiger partial charge >= 0.3 is 11.6 Å². The van der Waals surface area contributed by atoms with Crippen LogP contribution in [0.3, 0.4) is 0 Å². The number of aromatic nitrogens is 3. The molecule has 1 amide bonds. The number of methoxy groups -OCH3 is 1. The molecule has 2 rings (SSSR count). The normalized spacial score (nSPS) is 10.1. The maximum Gasteiger partial charge on any atom is 0.362 e. The average molecular weight is 277 g/mol. The van der Waals surface area contributed by atoms with Gasteiger partial charge in [-0.2, -0.15) is 0 Å². The third kappa shape index (κ3) is 2.71. The van der Waals surface area contributed by atoms with Crippen LogP contribution in [0.4, 0.5) is 5.69 Å². The molecule has 0 fully saturated rings. The van der Waals surface area contributed by atoms with Crippen molar-refractivity contribution in [3.05, 3.63) is 45.9 Å². The molecule has 2 aromatic rings. The number of rotatable bonds is 5. The number of nitro groups is 1. The maximum atomic E-state index is 11.9. The van der Waals surface area contributed by atoms with Crippen LogP contribution < -0.4 is 10.1 Å². The van der Waals surface area contributed by atoms with Crippen molar-refractivity contribution in [1.82, 2.24) is 20.5 Å². The largest absolute Gasteiger partial charge is 0.475 e. The molecule has 0 aliphatic carbocycles. The number of nitrogens with zero attached hydrogens (tertiary/aromatic N) is 3. The Labute approximate surface area is 113 Å². The molecule has 9 heteroatoms. The van der Waals surface area contributed by atoms with E-state index in [0.29, 0.717) is 5.69 Å². The number of pyridine rings is 1. The first kappa shape index (κ1) is 13.5. The first-order chi connectivity index (χ1) is 9.63. The smallest absolute Gasteiger partial charge is 0.362 e. The van der Waals surface area contributed by atoms with Crippen molar-refractivity contribution >= 4 is 11.6 Å².